The van der Waals surface area contributed by atoms with E-state index in [0.717, 1.165) is 28.4 Å². The molecule has 146 valence electrons. The maximum Gasteiger partial charge on any atom is 0.337 e. The van der Waals surface area contributed by atoms with Gasteiger partial charge in [-0.3, -0.25) is 4.72 Å². The lowest BCUT2D eigenvalue weighted by Crippen LogP contribution is -2.16. The number of carbonyl (C=O) groups excluding carboxylic acids is 1. The molecule has 1 aliphatic heterocycles. The maximum atomic E-state index is 12.7. The van der Waals surface area contributed by atoms with Gasteiger partial charge in [0.15, 0.2) is 5.13 Å². The first kappa shape index (κ1) is 18.7. The normalized spacial score (nSPS) is 14.4. The van der Waals surface area contributed by atoms with Crippen LogP contribution >= 0.6 is 11.3 Å². The number of carbonyl (C=O) groups is 1. The van der Waals surface area contributed by atoms with Gasteiger partial charge in [-0.15, -0.1) is 0 Å². The van der Waals surface area contributed by atoms with Crippen LogP contribution in [0.25, 0.3) is 10.2 Å². The van der Waals surface area contributed by atoms with Crippen LogP contribution in [0.5, 0.6) is 0 Å². The highest BCUT2D eigenvalue weighted by Crippen LogP contribution is 2.32. The summed E-state index contributed by atoms with van der Waals surface area (Å²) in [5, 5.41) is 0.978. The Morgan fingerprint density at radius 1 is 1.14 bits per heavy atom. The molecule has 0 aliphatic carbocycles. The van der Waals surface area contributed by atoms with E-state index in [2.05, 4.69) is 19.3 Å². The molecule has 0 radical (unpaired) electrons. The average molecular weight is 418 g/mol. The number of rotatable bonds is 5. The minimum Gasteiger partial charge on any atom is -0.465 e. The predicted octanol–water partition coefficient (Wildman–Crippen LogP) is 3.48. The van der Waals surface area contributed by atoms with Crippen LogP contribution in [0.15, 0.2) is 47.4 Å². The van der Waals surface area contributed by atoms with Gasteiger partial charge in [0, 0.05) is 13.1 Å². The molecule has 9 heteroatoms. The second-order valence-corrected chi connectivity index (χ2v) is 9.19. The van der Waals surface area contributed by atoms with Crippen molar-refractivity contribution in [3.63, 3.8) is 0 Å². The fourth-order valence-electron chi connectivity index (χ4n) is 3.12. The van der Waals surface area contributed by atoms with E-state index in [1.54, 1.807) is 23.5 Å². The molecule has 1 fully saturated rings. The number of sulfonamides is 1. The van der Waals surface area contributed by atoms with Crippen molar-refractivity contribution in [2.75, 3.05) is 29.8 Å². The van der Waals surface area contributed by atoms with Crippen molar-refractivity contribution < 1.29 is 17.9 Å². The van der Waals surface area contributed by atoms with Crippen LogP contribution in [0.3, 0.4) is 0 Å². The summed E-state index contributed by atoms with van der Waals surface area (Å²) < 4.78 is 33.5. The van der Waals surface area contributed by atoms with E-state index in [9.17, 15) is 13.2 Å². The first-order chi connectivity index (χ1) is 13.5. The third kappa shape index (κ3) is 3.67. The van der Waals surface area contributed by atoms with Gasteiger partial charge in [0.1, 0.15) is 0 Å². The third-order valence-electron chi connectivity index (χ3n) is 4.59. The number of esters is 1. The summed E-state index contributed by atoms with van der Waals surface area (Å²) in [7, 11) is -2.49. The number of benzene rings is 2. The highest BCUT2D eigenvalue weighted by molar-refractivity contribution is 7.92. The van der Waals surface area contributed by atoms with Gasteiger partial charge in [-0.25, -0.2) is 18.2 Å². The minimum absolute atomic E-state index is 0.0716. The van der Waals surface area contributed by atoms with Crippen LogP contribution in [0.2, 0.25) is 0 Å². The second kappa shape index (κ2) is 7.40. The van der Waals surface area contributed by atoms with Crippen molar-refractivity contribution >= 4 is 48.4 Å². The molecule has 28 heavy (non-hydrogen) atoms. The third-order valence-corrected chi connectivity index (χ3v) is 7.07. The Morgan fingerprint density at radius 2 is 1.86 bits per heavy atom. The zero-order chi connectivity index (χ0) is 19.7. The summed E-state index contributed by atoms with van der Waals surface area (Å²) in [6, 6.07) is 10.9. The van der Waals surface area contributed by atoms with Crippen LogP contribution in [0, 0.1) is 0 Å². The van der Waals surface area contributed by atoms with Gasteiger partial charge in [-0.2, -0.15) is 0 Å². The summed E-state index contributed by atoms with van der Waals surface area (Å²) in [5.41, 5.74) is 1.63. The monoisotopic (exact) mass is 417 g/mol. The summed E-state index contributed by atoms with van der Waals surface area (Å²) in [6.07, 6.45) is 2.35. The van der Waals surface area contributed by atoms with Gasteiger partial charge in [0.25, 0.3) is 10.0 Å². The molecule has 2 aromatic carbocycles. The summed E-state index contributed by atoms with van der Waals surface area (Å²) in [4.78, 5) is 18.5. The van der Waals surface area contributed by atoms with E-state index in [4.69, 9.17) is 0 Å². The molecule has 0 atom stereocenters. The Kier molecular flexibility index (Phi) is 4.94. The van der Waals surface area contributed by atoms with Gasteiger partial charge in [0.05, 0.1) is 33.5 Å². The average Bonchev–Trinajstić information content (AvgIpc) is 3.36. The van der Waals surface area contributed by atoms with Crippen molar-refractivity contribution in [2.24, 2.45) is 0 Å². The minimum atomic E-state index is -3.77. The highest BCUT2D eigenvalue weighted by Gasteiger charge is 2.18. The van der Waals surface area contributed by atoms with Crippen molar-refractivity contribution in [2.45, 2.75) is 17.7 Å². The fourth-order valence-corrected chi connectivity index (χ4v) is 5.23. The molecule has 1 aliphatic rings. The van der Waals surface area contributed by atoms with Crippen LogP contribution in [0.1, 0.15) is 23.2 Å². The van der Waals surface area contributed by atoms with Crippen LogP contribution in [0.4, 0.5) is 10.8 Å². The molecule has 0 saturated carbocycles. The Morgan fingerprint density at radius 3 is 2.54 bits per heavy atom. The number of aromatic nitrogens is 1. The lowest BCUT2D eigenvalue weighted by molar-refractivity contribution is 0.0600. The zero-order valence-corrected chi connectivity index (χ0v) is 16.8. The van der Waals surface area contributed by atoms with Crippen LogP contribution in [-0.2, 0) is 14.8 Å². The van der Waals surface area contributed by atoms with Gasteiger partial charge in [-0.1, -0.05) is 11.3 Å². The van der Waals surface area contributed by atoms with Gasteiger partial charge < -0.3 is 9.64 Å². The largest absolute Gasteiger partial charge is 0.465 e. The number of thiazole rings is 1. The molecule has 7 nitrogen and oxygen atoms in total. The Labute approximate surface area is 167 Å². The molecular weight excluding hydrogens is 398 g/mol. The van der Waals surface area contributed by atoms with E-state index >= 15 is 0 Å². The molecule has 0 spiro atoms. The van der Waals surface area contributed by atoms with E-state index in [-0.39, 0.29) is 4.90 Å². The molecule has 1 saturated heterocycles. The fraction of sp³-hybridized carbons (Fsp3) is 0.263. The van der Waals surface area contributed by atoms with Crippen molar-refractivity contribution in [3.8, 4) is 0 Å². The van der Waals surface area contributed by atoms with Gasteiger partial charge in [0.2, 0.25) is 0 Å². The van der Waals surface area contributed by atoms with Crippen LogP contribution in [-0.4, -0.2) is 39.6 Å². The van der Waals surface area contributed by atoms with E-state index < -0.39 is 16.0 Å². The van der Waals surface area contributed by atoms with Crippen LogP contribution < -0.4 is 9.62 Å². The van der Waals surface area contributed by atoms with E-state index in [0.29, 0.717) is 11.3 Å². The summed E-state index contributed by atoms with van der Waals surface area (Å²) in [6.45, 7) is 2.03. The van der Waals surface area contributed by atoms with Gasteiger partial charge in [-0.05, 0) is 55.3 Å². The standard InChI is InChI=1S/C19H19N3O4S2/c1-26-18(23)13-4-7-15(8-5-13)28(24,25)21-14-6-9-16-17(12-14)27-19(20-16)22-10-2-3-11-22/h4-9,12,21H,2-3,10-11H2,1H3. The number of fused-ring (bicyclic) bond motifs is 1. The Balaban J connectivity index is 1.56. The van der Waals surface area contributed by atoms with E-state index in [1.807, 2.05) is 6.07 Å². The SMILES string of the molecule is COC(=O)c1ccc(S(=O)(=O)Nc2ccc3nc(N4CCCC4)sc3c2)cc1. The van der Waals surface area contributed by atoms with Crippen molar-refractivity contribution in [1.82, 2.24) is 4.98 Å². The number of ether oxygens (including phenoxy) is 1. The number of nitrogens with zero attached hydrogens (tertiary/aromatic N) is 2. The number of nitrogens with one attached hydrogen (secondary N) is 1. The molecule has 2 heterocycles. The molecule has 0 unspecified atom stereocenters. The van der Waals surface area contributed by atoms with Crippen molar-refractivity contribution in [3.05, 3.63) is 48.0 Å². The molecule has 3 aromatic rings. The number of anilines is 2. The lowest BCUT2D eigenvalue weighted by Gasteiger charge is -2.11. The number of hydrogen-bond donors (Lipinski definition) is 1. The number of hydrogen-bond acceptors (Lipinski definition) is 7. The van der Waals surface area contributed by atoms with Gasteiger partial charge >= 0.3 is 5.97 Å². The first-order valence-corrected chi connectivity index (χ1v) is 11.1. The molecular formula is C19H19N3O4S2. The smallest absolute Gasteiger partial charge is 0.337 e. The molecule has 0 amide bonds. The molecule has 1 aromatic heterocycles. The maximum absolute atomic E-state index is 12.7. The lowest BCUT2D eigenvalue weighted by atomic mass is 10.2. The predicted molar refractivity (Wildman–Crippen MR) is 110 cm³/mol. The summed E-state index contributed by atoms with van der Waals surface area (Å²) >= 11 is 1.57. The first-order valence-electron chi connectivity index (χ1n) is 8.83. The zero-order valence-electron chi connectivity index (χ0n) is 15.2. The molecule has 4 rings (SSSR count). The topological polar surface area (TPSA) is 88.6 Å². The van der Waals surface area contributed by atoms with E-state index in [1.165, 1.54) is 44.2 Å². The number of methoxy groups -OCH3 is 1. The molecule has 0 bridgehead atoms. The quantitative estimate of drug-likeness (QED) is 0.640. The summed E-state index contributed by atoms with van der Waals surface area (Å²) in [5.74, 6) is -0.513. The highest BCUT2D eigenvalue weighted by atomic mass is 32.2. The Hall–Kier alpha value is -2.65. The van der Waals surface area contributed by atoms with Crippen molar-refractivity contribution in [1.29, 1.82) is 0 Å². The second-order valence-electron chi connectivity index (χ2n) is 6.49. The Bertz CT molecular complexity index is 1120. The molecule has 1 N–H and O–H groups in total.